The van der Waals surface area contributed by atoms with Crippen LogP contribution < -0.4 is 10.6 Å². The summed E-state index contributed by atoms with van der Waals surface area (Å²) in [6, 6.07) is 2.23. The Morgan fingerprint density at radius 2 is 2.11 bits per heavy atom. The fourth-order valence-electron chi connectivity index (χ4n) is 4.06. The Bertz CT molecular complexity index is 614. The van der Waals surface area contributed by atoms with Crippen LogP contribution in [0.4, 0.5) is 0 Å². The van der Waals surface area contributed by atoms with Crippen molar-refractivity contribution in [3.63, 3.8) is 0 Å². The Balaban J connectivity index is 0.00000280. The molecule has 2 fully saturated rings. The molecule has 3 rings (SSSR count). The van der Waals surface area contributed by atoms with Crippen LogP contribution in [0, 0.1) is 11.8 Å². The van der Waals surface area contributed by atoms with E-state index in [1.807, 2.05) is 16.9 Å². The molecular formula is C20H35IN6O. The second-order valence-corrected chi connectivity index (χ2v) is 7.95. The van der Waals surface area contributed by atoms with Gasteiger partial charge in [0.25, 0.3) is 0 Å². The van der Waals surface area contributed by atoms with Crippen LogP contribution in [-0.2, 0) is 11.3 Å². The zero-order valence-corrected chi connectivity index (χ0v) is 19.5. The molecule has 2 N–H and O–H groups in total. The quantitative estimate of drug-likeness (QED) is 0.342. The molecule has 8 heteroatoms. The molecule has 7 nitrogen and oxygen atoms in total. The molecule has 2 aliphatic rings. The lowest BCUT2D eigenvalue weighted by molar-refractivity contribution is -0.134. The molecule has 2 unspecified atom stereocenters. The van der Waals surface area contributed by atoms with Crippen molar-refractivity contribution in [3.05, 3.63) is 18.5 Å². The van der Waals surface area contributed by atoms with Gasteiger partial charge in [0.15, 0.2) is 5.96 Å². The highest BCUT2D eigenvalue weighted by atomic mass is 127. The van der Waals surface area contributed by atoms with Gasteiger partial charge in [0.1, 0.15) is 0 Å². The van der Waals surface area contributed by atoms with E-state index < -0.39 is 0 Å². The first-order valence-electron chi connectivity index (χ1n) is 10.5. The highest BCUT2D eigenvalue weighted by molar-refractivity contribution is 14.0. The van der Waals surface area contributed by atoms with E-state index in [9.17, 15) is 4.79 Å². The second kappa shape index (κ2) is 11.6. The van der Waals surface area contributed by atoms with E-state index in [1.165, 1.54) is 12.8 Å². The second-order valence-electron chi connectivity index (χ2n) is 7.95. The summed E-state index contributed by atoms with van der Waals surface area (Å²) in [5.41, 5.74) is 0. The van der Waals surface area contributed by atoms with Gasteiger partial charge in [-0.15, -0.1) is 24.0 Å². The topological polar surface area (TPSA) is 74.6 Å². The number of halogens is 1. The zero-order chi connectivity index (χ0) is 19.1. The lowest BCUT2D eigenvalue weighted by Gasteiger charge is -2.21. The molecule has 0 radical (unpaired) electrons. The fraction of sp³-hybridized carbons (Fsp3) is 0.750. The normalized spacial score (nSPS) is 21.4. The lowest BCUT2D eigenvalue weighted by atomic mass is 10.1. The van der Waals surface area contributed by atoms with Crippen LogP contribution >= 0.6 is 24.0 Å². The minimum absolute atomic E-state index is 0. The molecule has 28 heavy (non-hydrogen) atoms. The molecule has 1 aliphatic heterocycles. The van der Waals surface area contributed by atoms with Crippen LogP contribution in [-0.4, -0.2) is 58.8 Å². The third kappa shape index (κ3) is 6.63. The first kappa shape index (κ1) is 23.0. The average Bonchev–Trinajstić information content (AvgIpc) is 3.41. The first-order chi connectivity index (χ1) is 13.2. The number of aromatic nitrogens is 2. The summed E-state index contributed by atoms with van der Waals surface area (Å²) in [6.07, 6.45) is 9.35. The van der Waals surface area contributed by atoms with Gasteiger partial charge in [0.05, 0.1) is 0 Å². The van der Waals surface area contributed by atoms with Gasteiger partial charge in [-0.25, -0.2) is 0 Å². The average molecular weight is 502 g/mol. The maximum absolute atomic E-state index is 12.6. The largest absolute Gasteiger partial charge is 0.357 e. The number of aliphatic imine (C=N–C) groups is 1. The minimum atomic E-state index is 0. The molecule has 1 saturated carbocycles. The Morgan fingerprint density at radius 1 is 1.32 bits per heavy atom. The lowest BCUT2D eigenvalue weighted by Crippen LogP contribution is -2.45. The summed E-state index contributed by atoms with van der Waals surface area (Å²) in [4.78, 5) is 19.4. The van der Waals surface area contributed by atoms with Crippen molar-refractivity contribution in [1.29, 1.82) is 0 Å². The molecule has 1 amide bonds. The molecule has 0 bridgehead atoms. The van der Waals surface area contributed by atoms with Crippen molar-refractivity contribution < 1.29 is 4.79 Å². The third-order valence-electron chi connectivity index (χ3n) is 5.51. The van der Waals surface area contributed by atoms with Gasteiger partial charge in [0, 0.05) is 57.1 Å². The number of amides is 1. The summed E-state index contributed by atoms with van der Waals surface area (Å²) in [6.45, 7) is 8.36. The van der Waals surface area contributed by atoms with E-state index >= 15 is 0 Å². The van der Waals surface area contributed by atoms with Gasteiger partial charge in [-0.1, -0.05) is 19.8 Å². The molecule has 158 valence electrons. The molecule has 2 heterocycles. The standard InChI is InChI=1S/C20H34N6O.HI/c1-3-21-20(22-13-16(2)14-26-11-6-10-23-26)24-18-9-12-25(15-18)19(27)17-7-4-5-8-17;/h6,10-11,16-18H,3-5,7-9,12-15H2,1-2H3,(H2,21,22,24);1H. The van der Waals surface area contributed by atoms with Crippen LogP contribution in [0.1, 0.15) is 46.0 Å². The zero-order valence-electron chi connectivity index (χ0n) is 17.1. The number of nitrogens with one attached hydrogen (secondary N) is 2. The summed E-state index contributed by atoms with van der Waals surface area (Å²) in [7, 11) is 0. The van der Waals surface area contributed by atoms with Crippen molar-refractivity contribution in [2.75, 3.05) is 26.2 Å². The third-order valence-corrected chi connectivity index (χ3v) is 5.51. The van der Waals surface area contributed by atoms with Gasteiger partial charge < -0.3 is 15.5 Å². The summed E-state index contributed by atoms with van der Waals surface area (Å²) in [5, 5.41) is 11.1. The number of rotatable bonds is 7. The van der Waals surface area contributed by atoms with Gasteiger partial charge in [-0.3, -0.25) is 14.5 Å². The number of hydrogen-bond acceptors (Lipinski definition) is 3. The van der Waals surface area contributed by atoms with Crippen LogP contribution in [0.5, 0.6) is 0 Å². The van der Waals surface area contributed by atoms with E-state index in [0.717, 1.165) is 57.9 Å². The maximum atomic E-state index is 12.6. The van der Waals surface area contributed by atoms with E-state index in [-0.39, 0.29) is 35.9 Å². The Morgan fingerprint density at radius 3 is 2.79 bits per heavy atom. The minimum Gasteiger partial charge on any atom is -0.357 e. The Labute approximate surface area is 185 Å². The summed E-state index contributed by atoms with van der Waals surface area (Å²) < 4.78 is 1.95. The van der Waals surface area contributed by atoms with Crippen molar-refractivity contribution >= 4 is 35.8 Å². The molecule has 0 aromatic carbocycles. The van der Waals surface area contributed by atoms with Crippen LogP contribution in [0.25, 0.3) is 0 Å². The number of carbonyl (C=O) groups is 1. The van der Waals surface area contributed by atoms with Gasteiger partial charge in [-0.05, 0) is 38.2 Å². The van der Waals surface area contributed by atoms with Crippen molar-refractivity contribution in [2.45, 2.75) is 58.5 Å². The summed E-state index contributed by atoms with van der Waals surface area (Å²) >= 11 is 0. The number of likely N-dealkylation sites (tertiary alicyclic amines) is 1. The van der Waals surface area contributed by atoms with E-state index in [1.54, 1.807) is 6.20 Å². The SMILES string of the molecule is CCNC(=NCC(C)Cn1cccn1)NC1CCN(C(=O)C2CCCC2)C1.I. The van der Waals surface area contributed by atoms with Crippen LogP contribution in [0.3, 0.4) is 0 Å². The number of nitrogens with zero attached hydrogens (tertiary/aromatic N) is 4. The fourth-order valence-corrected chi connectivity index (χ4v) is 4.06. The number of carbonyl (C=O) groups excluding carboxylic acids is 1. The predicted molar refractivity (Wildman–Crippen MR) is 123 cm³/mol. The highest BCUT2D eigenvalue weighted by Crippen LogP contribution is 2.27. The maximum Gasteiger partial charge on any atom is 0.225 e. The Kier molecular flexibility index (Phi) is 9.53. The van der Waals surface area contributed by atoms with Crippen molar-refractivity contribution in [1.82, 2.24) is 25.3 Å². The van der Waals surface area contributed by atoms with Gasteiger partial charge in [-0.2, -0.15) is 5.10 Å². The van der Waals surface area contributed by atoms with Crippen molar-refractivity contribution in [3.8, 4) is 0 Å². The first-order valence-corrected chi connectivity index (χ1v) is 10.5. The van der Waals surface area contributed by atoms with E-state index in [2.05, 4.69) is 34.5 Å². The molecule has 1 aromatic rings. The molecule has 1 aromatic heterocycles. The summed E-state index contributed by atoms with van der Waals surface area (Å²) in [5.74, 6) is 1.90. The van der Waals surface area contributed by atoms with E-state index in [4.69, 9.17) is 4.99 Å². The van der Waals surface area contributed by atoms with Gasteiger partial charge >= 0.3 is 0 Å². The molecule has 2 atom stereocenters. The predicted octanol–water partition coefficient (Wildman–Crippen LogP) is 2.48. The van der Waals surface area contributed by atoms with Crippen LogP contribution in [0.2, 0.25) is 0 Å². The number of hydrogen-bond donors (Lipinski definition) is 2. The Hall–Kier alpha value is -1.32. The smallest absolute Gasteiger partial charge is 0.225 e. The molecule has 1 saturated heterocycles. The molecular weight excluding hydrogens is 467 g/mol. The monoisotopic (exact) mass is 502 g/mol. The van der Waals surface area contributed by atoms with Crippen molar-refractivity contribution in [2.24, 2.45) is 16.8 Å². The highest BCUT2D eigenvalue weighted by Gasteiger charge is 2.32. The molecule has 1 aliphatic carbocycles. The molecule has 0 spiro atoms. The number of guanidine groups is 1. The van der Waals surface area contributed by atoms with E-state index in [0.29, 0.717) is 11.8 Å². The van der Waals surface area contributed by atoms with Crippen LogP contribution in [0.15, 0.2) is 23.5 Å². The van der Waals surface area contributed by atoms with Gasteiger partial charge in [0.2, 0.25) is 5.91 Å².